The van der Waals surface area contributed by atoms with Crippen LogP contribution in [0.2, 0.25) is 0 Å². The Hall–Kier alpha value is -4.42. The van der Waals surface area contributed by atoms with Gasteiger partial charge in [0.2, 0.25) is 0 Å². The summed E-state index contributed by atoms with van der Waals surface area (Å²) in [5, 5.41) is 7.97. The Kier molecular flexibility index (Phi) is 6.10. The van der Waals surface area contributed by atoms with Crippen molar-refractivity contribution in [3.05, 3.63) is 148 Å². The lowest BCUT2D eigenvalue weighted by Gasteiger charge is -2.22. The van der Waals surface area contributed by atoms with Crippen LogP contribution in [0.25, 0.3) is 50.4 Å². The maximum atomic E-state index is 2.48. The van der Waals surface area contributed by atoms with E-state index in [1.165, 1.54) is 71.0 Å². The SMILES string of the molecule is Cc1ccc(-c2c3c(c(C4=CCCC=C4C4=CC=CCC=C4)c4ccccc24)=CC=CCC=3)c2ccccc12. The third-order valence-corrected chi connectivity index (χ3v) is 8.28. The van der Waals surface area contributed by atoms with Crippen LogP contribution < -0.4 is 10.4 Å². The van der Waals surface area contributed by atoms with Crippen molar-refractivity contribution in [3.63, 3.8) is 0 Å². The summed E-state index contributed by atoms with van der Waals surface area (Å²) in [5.41, 5.74) is 9.35. The average Bonchev–Trinajstić information content (AvgIpc) is 3.40. The topological polar surface area (TPSA) is 0 Å². The van der Waals surface area contributed by atoms with Crippen LogP contribution in [0, 0.1) is 6.92 Å². The lowest BCUT2D eigenvalue weighted by molar-refractivity contribution is 1.03. The van der Waals surface area contributed by atoms with Crippen molar-refractivity contribution in [1.29, 1.82) is 0 Å². The number of hydrogen-bond donors (Lipinski definition) is 0. The number of benzene rings is 4. The maximum Gasteiger partial charge on any atom is -0.00232 e. The van der Waals surface area contributed by atoms with Crippen molar-refractivity contribution in [2.24, 2.45) is 0 Å². The van der Waals surface area contributed by atoms with E-state index in [0.29, 0.717) is 0 Å². The highest BCUT2D eigenvalue weighted by molar-refractivity contribution is 6.10. The molecule has 0 unspecified atom stereocenters. The summed E-state index contributed by atoms with van der Waals surface area (Å²) in [6, 6.07) is 22.5. The van der Waals surface area contributed by atoms with E-state index in [9.17, 15) is 0 Å². The van der Waals surface area contributed by atoms with Crippen LogP contribution in [-0.2, 0) is 0 Å². The minimum absolute atomic E-state index is 0.929. The quantitative estimate of drug-likeness (QED) is 0.263. The van der Waals surface area contributed by atoms with Crippen molar-refractivity contribution in [2.75, 3.05) is 0 Å². The zero-order chi connectivity index (χ0) is 26.2. The molecule has 0 spiro atoms. The third kappa shape index (κ3) is 4.08. The fourth-order valence-corrected chi connectivity index (χ4v) is 6.48. The molecule has 0 aliphatic heterocycles. The highest BCUT2D eigenvalue weighted by atomic mass is 14.2. The molecule has 3 aliphatic rings. The second-order valence-corrected chi connectivity index (χ2v) is 10.6. The van der Waals surface area contributed by atoms with Crippen molar-refractivity contribution in [2.45, 2.75) is 32.6 Å². The van der Waals surface area contributed by atoms with Gasteiger partial charge in [-0.2, -0.15) is 0 Å². The van der Waals surface area contributed by atoms with Gasteiger partial charge in [0.25, 0.3) is 0 Å². The Morgan fingerprint density at radius 1 is 0.538 bits per heavy atom. The lowest BCUT2D eigenvalue weighted by atomic mass is 9.81. The molecule has 0 nitrogen and oxygen atoms in total. The van der Waals surface area contributed by atoms with Crippen LogP contribution >= 0.6 is 0 Å². The van der Waals surface area contributed by atoms with Gasteiger partial charge in [-0.15, -0.1) is 0 Å². The molecule has 4 aromatic carbocycles. The van der Waals surface area contributed by atoms with E-state index in [1.54, 1.807) is 0 Å². The second-order valence-electron chi connectivity index (χ2n) is 10.6. The van der Waals surface area contributed by atoms with Crippen LogP contribution in [0.5, 0.6) is 0 Å². The van der Waals surface area contributed by atoms with Crippen LogP contribution in [0.4, 0.5) is 0 Å². The smallest absolute Gasteiger partial charge is 0.00232 e. The van der Waals surface area contributed by atoms with Gasteiger partial charge in [0.1, 0.15) is 0 Å². The Bertz CT molecular complexity index is 1950. The van der Waals surface area contributed by atoms with Crippen LogP contribution in [-0.4, -0.2) is 0 Å². The molecule has 3 aliphatic carbocycles. The van der Waals surface area contributed by atoms with Crippen molar-refractivity contribution >= 4 is 39.3 Å². The molecule has 0 saturated carbocycles. The average molecular weight is 501 g/mol. The van der Waals surface area contributed by atoms with Gasteiger partial charge in [-0.05, 0) is 104 Å². The highest BCUT2D eigenvalue weighted by Gasteiger charge is 2.21. The van der Waals surface area contributed by atoms with Crippen LogP contribution in [0.1, 0.15) is 36.8 Å². The number of allylic oxidation sites excluding steroid dienone is 12. The molecule has 0 N–H and O–H groups in total. The van der Waals surface area contributed by atoms with E-state index >= 15 is 0 Å². The molecule has 39 heavy (non-hydrogen) atoms. The van der Waals surface area contributed by atoms with Gasteiger partial charge in [-0.1, -0.05) is 127 Å². The van der Waals surface area contributed by atoms with Crippen molar-refractivity contribution < 1.29 is 0 Å². The summed E-state index contributed by atoms with van der Waals surface area (Å²) in [6.45, 7) is 2.22. The van der Waals surface area contributed by atoms with Gasteiger partial charge < -0.3 is 0 Å². The summed E-state index contributed by atoms with van der Waals surface area (Å²) < 4.78 is 0. The largest absolute Gasteiger partial charge is 0.0807 e. The summed E-state index contributed by atoms with van der Waals surface area (Å²) in [4.78, 5) is 0. The number of hydrogen-bond acceptors (Lipinski definition) is 0. The Balaban J connectivity index is 1.60. The Morgan fingerprint density at radius 2 is 1.23 bits per heavy atom. The molecule has 0 saturated heterocycles. The molecule has 0 bridgehead atoms. The monoisotopic (exact) mass is 500 g/mol. The van der Waals surface area contributed by atoms with Gasteiger partial charge in [0, 0.05) is 0 Å². The minimum Gasteiger partial charge on any atom is -0.0807 e. The molecule has 188 valence electrons. The predicted molar refractivity (Wildman–Crippen MR) is 170 cm³/mol. The minimum atomic E-state index is 0.929. The first-order valence-corrected chi connectivity index (χ1v) is 14.2. The lowest BCUT2D eigenvalue weighted by Crippen LogP contribution is -2.31. The predicted octanol–water partition coefficient (Wildman–Crippen LogP) is 9.04. The summed E-state index contributed by atoms with van der Waals surface area (Å²) >= 11 is 0. The van der Waals surface area contributed by atoms with E-state index in [1.807, 2.05) is 0 Å². The van der Waals surface area contributed by atoms with Gasteiger partial charge in [0.05, 0.1) is 0 Å². The first kappa shape index (κ1) is 23.7. The van der Waals surface area contributed by atoms with Gasteiger partial charge >= 0.3 is 0 Å². The van der Waals surface area contributed by atoms with E-state index in [4.69, 9.17) is 0 Å². The Morgan fingerprint density at radius 3 is 2.08 bits per heavy atom. The molecule has 0 fully saturated rings. The molecular weight excluding hydrogens is 468 g/mol. The molecule has 4 aromatic rings. The molecule has 0 aromatic heterocycles. The first-order valence-electron chi connectivity index (χ1n) is 14.2. The molecule has 0 amide bonds. The van der Waals surface area contributed by atoms with Crippen LogP contribution in [0.3, 0.4) is 0 Å². The zero-order valence-corrected chi connectivity index (χ0v) is 22.5. The van der Waals surface area contributed by atoms with E-state index in [0.717, 1.165) is 25.7 Å². The van der Waals surface area contributed by atoms with Gasteiger partial charge in [0.15, 0.2) is 0 Å². The van der Waals surface area contributed by atoms with Crippen LogP contribution in [0.15, 0.2) is 126 Å². The summed E-state index contributed by atoms with van der Waals surface area (Å²) in [5.74, 6) is 0. The second kappa shape index (κ2) is 10.0. The number of rotatable bonds is 3. The van der Waals surface area contributed by atoms with E-state index in [2.05, 4.69) is 134 Å². The molecule has 7 rings (SSSR count). The molecule has 0 radical (unpaired) electrons. The first-order chi connectivity index (χ1) is 19.3. The van der Waals surface area contributed by atoms with Crippen molar-refractivity contribution in [1.82, 2.24) is 0 Å². The summed E-state index contributed by atoms with van der Waals surface area (Å²) in [6.07, 6.45) is 29.6. The number of aryl methyl sites for hydroxylation is 1. The highest BCUT2D eigenvalue weighted by Crippen LogP contribution is 2.39. The molecule has 0 atom stereocenters. The normalized spacial score (nSPS) is 16.5. The number of fused-ring (bicyclic) bond motifs is 3. The molecular formula is C39H32. The Labute approximate surface area is 230 Å². The van der Waals surface area contributed by atoms with Crippen molar-refractivity contribution in [3.8, 4) is 11.1 Å². The summed E-state index contributed by atoms with van der Waals surface area (Å²) in [7, 11) is 0. The maximum absolute atomic E-state index is 2.48. The van der Waals surface area contributed by atoms with Gasteiger partial charge in [-0.25, -0.2) is 0 Å². The van der Waals surface area contributed by atoms with E-state index < -0.39 is 0 Å². The van der Waals surface area contributed by atoms with Gasteiger partial charge in [-0.3, -0.25) is 0 Å². The molecule has 0 heterocycles. The zero-order valence-electron chi connectivity index (χ0n) is 22.5. The van der Waals surface area contributed by atoms with E-state index in [-0.39, 0.29) is 0 Å². The standard InChI is InChI=1S/C39H32/c1-27-25-26-37(31-19-11-9-17-29(27)31)39-34-21-8-4-7-20-33(34)38(35-23-13-14-24-36(35)39)32-22-12-10-18-30(32)28-15-5-2-3-6-16-28/h2,4-7,9,11,13-26H,3,8,10,12H2,1H3. The third-order valence-electron chi connectivity index (χ3n) is 8.28. The fourth-order valence-electron chi connectivity index (χ4n) is 6.48. The fraction of sp³-hybridized carbons (Fsp3) is 0.128. The molecule has 0 heteroatoms.